The zero-order valence-electron chi connectivity index (χ0n) is 7.88. The fourth-order valence-electron chi connectivity index (χ4n) is 2.48. The van der Waals surface area contributed by atoms with Crippen LogP contribution >= 0.6 is 0 Å². The Morgan fingerprint density at radius 3 is 3.00 bits per heavy atom. The molecule has 1 aliphatic carbocycles. The second kappa shape index (κ2) is 2.38. The van der Waals surface area contributed by atoms with Crippen LogP contribution in [0.1, 0.15) is 17.5 Å². The summed E-state index contributed by atoms with van der Waals surface area (Å²) in [6.45, 7) is 0. The third kappa shape index (κ3) is 0.873. The maximum atomic E-state index is 2.30. The van der Waals surface area contributed by atoms with Crippen LogP contribution in [0.15, 0.2) is 24.4 Å². The molecule has 66 valence electrons. The van der Waals surface area contributed by atoms with Gasteiger partial charge in [0.1, 0.15) is 0 Å². The quantitative estimate of drug-likeness (QED) is 0.574. The average Bonchev–Trinajstić information content (AvgIpc) is 2.70. The summed E-state index contributed by atoms with van der Waals surface area (Å²) in [6.07, 6.45) is 6.03. The zero-order valence-corrected chi connectivity index (χ0v) is 7.88. The van der Waals surface area contributed by atoms with Gasteiger partial charge in [0.15, 0.2) is 0 Å². The summed E-state index contributed by atoms with van der Waals surface area (Å²) in [4.78, 5) is 0. The lowest BCUT2D eigenvalue weighted by atomic mass is 10.1. The number of hydrogen-bond acceptors (Lipinski definition) is 0. The molecule has 2 aromatic rings. The van der Waals surface area contributed by atoms with E-state index in [2.05, 4.69) is 36.0 Å². The summed E-state index contributed by atoms with van der Waals surface area (Å²) in [5.74, 6) is 0. The highest BCUT2D eigenvalue weighted by Crippen LogP contribution is 2.29. The SMILES string of the molecule is Cn1ccc2ccc3c(c21)CCC3. The number of aromatic nitrogens is 1. The minimum Gasteiger partial charge on any atom is -0.350 e. The average molecular weight is 171 g/mol. The van der Waals surface area contributed by atoms with Gasteiger partial charge in [0.25, 0.3) is 0 Å². The molecule has 0 spiro atoms. The van der Waals surface area contributed by atoms with E-state index in [1.165, 1.54) is 30.2 Å². The Balaban J connectivity index is 2.47. The molecule has 1 nitrogen and oxygen atoms in total. The van der Waals surface area contributed by atoms with Crippen molar-refractivity contribution in [3.05, 3.63) is 35.5 Å². The smallest absolute Gasteiger partial charge is 0.0512 e. The molecule has 0 fully saturated rings. The molecule has 0 atom stereocenters. The van der Waals surface area contributed by atoms with Gasteiger partial charge in [0.05, 0.1) is 5.52 Å². The lowest BCUT2D eigenvalue weighted by Crippen LogP contribution is -1.90. The van der Waals surface area contributed by atoms with E-state index in [1.807, 2.05) is 0 Å². The largest absolute Gasteiger partial charge is 0.350 e. The summed E-state index contributed by atoms with van der Waals surface area (Å²) in [5.41, 5.74) is 4.61. The summed E-state index contributed by atoms with van der Waals surface area (Å²) < 4.78 is 2.25. The maximum Gasteiger partial charge on any atom is 0.0512 e. The van der Waals surface area contributed by atoms with Gasteiger partial charge in [-0.15, -0.1) is 0 Å². The standard InChI is InChI=1S/C12H13N/c1-13-8-7-10-6-5-9-3-2-4-11(9)12(10)13/h5-8H,2-4H2,1H3. The van der Waals surface area contributed by atoms with Gasteiger partial charge in [-0.2, -0.15) is 0 Å². The van der Waals surface area contributed by atoms with Crippen molar-refractivity contribution in [2.45, 2.75) is 19.3 Å². The van der Waals surface area contributed by atoms with Gasteiger partial charge in [-0.05, 0) is 41.8 Å². The van der Waals surface area contributed by atoms with Crippen LogP contribution in [0, 0.1) is 0 Å². The molecule has 0 saturated carbocycles. The molecule has 1 heterocycles. The van der Waals surface area contributed by atoms with Gasteiger partial charge in [-0.1, -0.05) is 12.1 Å². The molecule has 3 rings (SSSR count). The molecule has 0 saturated heterocycles. The van der Waals surface area contributed by atoms with Gasteiger partial charge < -0.3 is 4.57 Å². The van der Waals surface area contributed by atoms with Crippen molar-refractivity contribution < 1.29 is 0 Å². The number of rotatable bonds is 0. The molecule has 0 radical (unpaired) electrons. The van der Waals surface area contributed by atoms with Gasteiger partial charge in [-0.3, -0.25) is 0 Å². The van der Waals surface area contributed by atoms with E-state index in [0.717, 1.165) is 0 Å². The molecule has 0 aliphatic heterocycles. The normalized spacial score (nSPS) is 15.2. The van der Waals surface area contributed by atoms with Crippen LogP contribution in [0.4, 0.5) is 0 Å². The number of hydrogen-bond donors (Lipinski definition) is 0. The first-order valence-electron chi connectivity index (χ1n) is 4.92. The van der Waals surface area contributed by atoms with Crippen LogP contribution in [0.25, 0.3) is 10.9 Å². The van der Waals surface area contributed by atoms with E-state index >= 15 is 0 Å². The molecule has 0 amide bonds. The molecule has 1 aromatic heterocycles. The Hall–Kier alpha value is -1.24. The Bertz CT molecular complexity index is 465. The molecule has 1 aromatic carbocycles. The van der Waals surface area contributed by atoms with E-state index in [-0.39, 0.29) is 0 Å². The van der Waals surface area contributed by atoms with Gasteiger partial charge >= 0.3 is 0 Å². The van der Waals surface area contributed by atoms with Crippen LogP contribution in [0.3, 0.4) is 0 Å². The Kier molecular flexibility index (Phi) is 1.32. The summed E-state index contributed by atoms with van der Waals surface area (Å²) in [5, 5.41) is 1.39. The van der Waals surface area contributed by atoms with Crippen molar-refractivity contribution in [2.75, 3.05) is 0 Å². The van der Waals surface area contributed by atoms with E-state index in [1.54, 1.807) is 11.1 Å². The number of nitrogens with zero attached hydrogens (tertiary/aromatic N) is 1. The minimum absolute atomic E-state index is 1.27. The summed E-state index contributed by atoms with van der Waals surface area (Å²) >= 11 is 0. The first kappa shape index (κ1) is 7.19. The molecule has 0 N–H and O–H groups in total. The van der Waals surface area contributed by atoms with E-state index in [9.17, 15) is 0 Å². The number of aryl methyl sites for hydroxylation is 3. The Labute approximate surface area is 78.0 Å². The molecule has 1 aliphatic rings. The molecule has 0 bridgehead atoms. The van der Waals surface area contributed by atoms with Crippen LogP contribution in [-0.4, -0.2) is 4.57 Å². The Morgan fingerprint density at radius 2 is 2.08 bits per heavy atom. The molecule has 13 heavy (non-hydrogen) atoms. The fourth-order valence-corrected chi connectivity index (χ4v) is 2.48. The first-order chi connectivity index (χ1) is 6.36. The van der Waals surface area contributed by atoms with Crippen molar-refractivity contribution in [3.63, 3.8) is 0 Å². The van der Waals surface area contributed by atoms with Crippen LogP contribution in [0.5, 0.6) is 0 Å². The predicted octanol–water partition coefficient (Wildman–Crippen LogP) is 2.67. The van der Waals surface area contributed by atoms with Crippen LogP contribution < -0.4 is 0 Å². The second-order valence-electron chi connectivity index (χ2n) is 3.92. The van der Waals surface area contributed by atoms with Crippen molar-refractivity contribution in [2.24, 2.45) is 7.05 Å². The third-order valence-corrected chi connectivity index (χ3v) is 3.11. The monoisotopic (exact) mass is 171 g/mol. The van der Waals surface area contributed by atoms with E-state index in [0.29, 0.717) is 0 Å². The molecule has 1 heteroatoms. The molecule has 0 unspecified atom stereocenters. The molecular formula is C12H13N. The zero-order chi connectivity index (χ0) is 8.84. The van der Waals surface area contributed by atoms with Gasteiger partial charge in [0.2, 0.25) is 0 Å². The van der Waals surface area contributed by atoms with E-state index in [4.69, 9.17) is 0 Å². The summed E-state index contributed by atoms with van der Waals surface area (Å²) in [6, 6.07) is 6.75. The van der Waals surface area contributed by atoms with E-state index < -0.39 is 0 Å². The van der Waals surface area contributed by atoms with Gasteiger partial charge in [0, 0.05) is 13.2 Å². The number of fused-ring (bicyclic) bond motifs is 3. The van der Waals surface area contributed by atoms with Crippen molar-refractivity contribution in [1.29, 1.82) is 0 Å². The van der Waals surface area contributed by atoms with Crippen molar-refractivity contribution in [3.8, 4) is 0 Å². The van der Waals surface area contributed by atoms with Gasteiger partial charge in [-0.25, -0.2) is 0 Å². The van der Waals surface area contributed by atoms with Crippen molar-refractivity contribution in [1.82, 2.24) is 4.57 Å². The maximum absolute atomic E-state index is 2.30. The number of benzene rings is 1. The third-order valence-electron chi connectivity index (χ3n) is 3.11. The second-order valence-corrected chi connectivity index (χ2v) is 3.92. The fraction of sp³-hybridized carbons (Fsp3) is 0.333. The highest BCUT2D eigenvalue weighted by molar-refractivity contribution is 5.85. The topological polar surface area (TPSA) is 4.93 Å². The lowest BCUT2D eigenvalue weighted by Gasteiger charge is -2.03. The van der Waals surface area contributed by atoms with Crippen molar-refractivity contribution >= 4 is 10.9 Å². The van der Waals surface area contributed by atoms with Crippen LogP contribution in [-0.2, 0) is 19.9 Å². The minimum atomic E-state index is 1.27. The Morgan fingerprint density at radius 1 is 1.15 bits per heavy atom. The highest BCUT2D eigenvalue weighted by atomic mass is 14.9. The summed E-state index contributed by atoms with van der Waals surface area (Å²) in [7, 11) is 2.14. The van der Waals surface area contributed by atoms with Crippen LogP contribution in [0.2, 0.25) is 0 Å². The lowest BCUT2D eigenvalue weighted by molar-refractivity contribution is 0.905. The predicted molar refractivity (Wildman–Crippen MR) is 54.9 cm³/mol. The highest BCUT2D eigenvalue weighted by Gasteiger charge is 2.14. The molecular weight excluding hydrogens is 158 g/mol. The first-order valence-corrected chi connectivity index (χ1v) is 4.92.